The van der Waals surface area contributed by atoms with Crippen molar-refractivity contribution in [3.63, 3.8) is 0 Å². The van der Waals surface area contributed by atoms with E-state index in [0.717, 1.165) is 22.5 Å². The van der Waals surface area contributed by atoms with Crippen LogP contribution in [0.25, 0.3) is 11.3 Å². The van der Waals surface area contributed by atoms with Crippen molar-refractivity contribution in [1.82, 2.24) is 15.0 Å². The number of hydrazone groups is 1. The van der Waals surface area contributed by atoms with Gasteiger partial charge < -0.3 is 11.6 Å². The van der Waals surface area contributed by atoms with E-state index < -0.39 is 0 Å². The first kappa shape index (κ1) is 21.6. The van der Waals surface area contributed by atoms with Crippen LogP contribution in [0.3, 0.4) is 0 Å². The highest BCUT2D eigenvalue weighted by Crippen LogP contribution is 2.25. The lowest BCUT2D eigenvalue weighted by molar-refractivity contribution is 0.804. The topological polar surface area (TPSA) is 139 Å². The standard InChI is InChI=1S/C23H24N8/c1-14(2)19-9-5-7-17(28-19)12-27-13-22(31-26)21-10-20(29-23(25)30-21)18-8-4-6-16(11-24)15(18)3/h4-10,13-14H,12,26H2,1-3H3,(H2,25,29,30). The lowest BCUT2D eigenvalue weighted by Crippen LogP contribution is -2.12. The van der Waals surface area contributed by atoms with Gasteiger partial charge in [-0.1, -0.05) is 32.0 Å². The van der Waals surface area contributed by atoms with Crippen molar-refractivity contribution in [2.45, 2.75) is 33.2 Å². The van der Waals surface area contributed by atoms with E-state index in [2.05, 4.69) is 45.0 Å². The number of benzene rings is 1. The van der Waals surface area contributed by atoms with E-state index in [1.54, 1.807) is 24.4 Å². The number of nitriles is 1. The first-order valence-corrected chi connectivity index (χ1v) is 9.81. The van der Waals surface area contributed by atoms with E-state index in [0.29, 0.717) is 35.1 Å². The fourth-order valence-electron chi connectivity index (χ4n) is 3.07. The Morgan fingerprint density at radius 2 is 1.94 bits per heavy atom. The number of hydrogen-bond acceptors (Lipinski definition) is 8. The van der Waals surface area contributed by atoms with Gasteiger partial charge in [0.15, 0.2) is 0 Å². The number of nitrogen functional groups attached to an aromatic ring is 1. The quantitative estimate of drug-likeness (QED) is 0.361. The van der Waals surface area contributed by atoms with Gasteiger partial charge >= 0.3 is 0 Å². The number of rotatable bonds is 6. The summed E-state index contributed by atoms with van der Waals surface area (Å²) in [6.45, 7) is 6.44. The highest BCUT2D eigenvalue weighted by molar-refractivity contribution is 6.37. The molecule has 1 aromatic carbocycles. The first-order valence-electron chi connectivity index (χ1n) is 9.81. The Labute approximate surface area is 181 Å². The summed E-state index contributed by atoms with van der Waals surface area (Å²) in [5.74, 6) is 6.02. The molecule has 0 spiro atoms. The summed E-state index contributed by atoms with van der Waals surface area (Å²) >= 11 is 0. The fraction of sp³-hybridized carbons (Fsp3) is 0.217. The van der Waals surface area contributed by atoms with Crippen molar-refractivity contribution in [2.24, 2.45) is 15.9 Å². The van der Waals surface area contributed by atoms with Gasteiger partial charge in [-0.3, -0.25) is 9.98 Å². The summed E-state index contributed by atoms with van der Waals surface area (Å²) in [6, 6.07) is 15.2. The average Bonchev–Trinajstić information content (AvgIpc) is 2.76. The molecule has 0 amide bonds. The zero-order valence-electron chi connectivity index (χ0n) is 17.7. The molecule has 0 saturated heterocycles. The summed E-state index contributed by atoms with van der Waals surface area (Å²) in [4.78, 5) is 17.6. The Hall–Kier alpha value is -4.12. The van der Waals surface area contributed by atoms with Crippen molar-refractivity contribution < 1.29 is 0 Å². The van der Waals surface area contributed by atoms with Crippen molar-refractivity contribution in [2.75, 3.05) is 5.73 Å². The molecule has 0 unspecified atom stereocenters. The van der Waals surface area contributed by atoms with Crippen molar-refractivity contribution >= 4 is 17.9 Å². The SMILES string of the molecule is Cc1c(C#N)cccc1-c1cc(C(C=NCc2cccc(C(C)C)n2)=NN)nc(N)n1. The van der Waals surface area contributed by atoms with Gasteiger partial charge in [0.2, 0.25) is 5.95 Å². The third-order valence-corrected chi connectivity index (χ3v) is 4.76. The molecule has 0 aliphatic rings. The Kier molecular flexibility index (Phi) is 6.67. The molecule has 156 valence electrons. The molecule has 3 aromatic rings. The maximum atomic E-state index is 9.30. The van der Waals surface area contributed by atoms with Crippen LogP contribution >= 0.6 is 0 Å². The van der Waals surface area contributed by atoms with Crippen LogP contribution in [0.4, 0.5) is 5.95 Å². The van der Waals surface area contributed by atoms with Gasteiger partial charge in [0.25, 0.3) is 0 Å². The molecule has 2 heterocycles. The molecule has 0 bridgehead atoms. The van der Waals surface area contributed by atoms with Gasteiger partial charge in [-0.25, -0.2) is 9.97 Å². The van der Waals surface area contributed by atoms with Crippen molar-refractivity contribution in [1.29, 1.82) is 5.26 Å². The second-order valence-corrected chi connectivity index (χ2v) is 7.28. The molecule has 0 aliphatic carbocycles. The molecule has 31 heavy (non-hydrogen) atoms. The minimum absolute atomic E-state index is 0.0788. The predicted octanol–water partition coefficient (Wildman–Crippen LogP) is 3.36. The van der Waals surface area contributed by atoms with Gasteiger partial charge in [-0.15, -0.1) is 0 Å². The summed E-state index contributed by atoms with van der Waals surface area (Å²) in [5, 5.41) is 13.1. The number of nitrogens with zero attached hydrogens (tertiary/aromatic N) is 6. The van der Waals surface area contributed by atoms with Crippen LogP contribution in [-0.2, 0) is 6.54 Å². The lowest BCUT2D eigenvalue weighted by atomic mass is 10.00. The van der Waals surface area contributed by atoms with Gasteiger partial charge in [0, 0.05) is 11.3 Å². The molecule has 8 nitrogen and oxygen atoms in total. The minimum atomic E-state index is 0.0788. The average molecular weight is 413 g/mol. The lowest BCUT2D eigenvalue weighted by Gasteiger charge is -2.09. The summed E-state index contributed by atoms with van der Waals surface area (Å²) in [5.41, 5.74) is 11.4. The van der Waals surface area contributed by atoms with Crippen LogP contribution in [-0.4, -0.2) is 26.9 Å². The van der Waals surface area contributed by atoms with Gasteiger partial charge in [-0.05, 0) is 42.7 Å². The maximum absolute atomic E-state index is 9.30. The smallest absolute Gasteiger partial charge is 0.221 e. The van der Waals surface area contributed by atoms with Crippen LogP contribution in [0, 0.1) is 18.3 Å². The van der Waals surface area contributed by atoms with Gasteiger partial charge in [0.05, 0.1) is 41.5 Å². The second-order valence-electron chi connectivity index (χ2n) is 7.28. The molecular formula is C23H24N8. The van der Waals surface area contributed by atoms with Crippen LogP contribution in [0.5, 0.6) is 0 Å². The Morgan fingerprint density at radius 3 is 2.65 bits per heavy atom. The zero-order valence-corrected chi connectivity index (χ0v) is 17.7. The molecule has 3 rings (SSSR count). The summed E-state index contributed by atoms with van der Waals surface area (Å²) in [6.07, 6.45) is 1.55. The van der Waals surface area contributed by atoms with Gasteiger partial charge in [0.1, 0.15) is 5.71 Å². The molecule has 0 radical (unpaired) electrons. The third-order valence-electron chi connectivity index (χ3n) is 4.76. The Morgan fingerprint density at radius 1 is 1.16 bits per heavy atom. The van der Waals surface area contributed by atoms with Crippen LogP contribution in [0.2, 0.25) is 0 Å². The molecule has 0 fully saturated rings. The number of pyridine rings is 1. The third kappa shape index (κ3) is 5.08. The monoisotopic (exact) mass is 412 g/mol. The van der Waals surface area contributed by atoms with E-state index in [4.69, 9.17) is 11.6 Å². The molecule has 4 N–H and O–H groups in total. The maximum Gasteiger partial charge on any atom is 0.221 e. The number of nitrogens with two attached hydrogens (primary N) is 2. The second kappa shape index (κ2) is 9.59. The number of hydrogen-bond donors (Lipinski definition) is 2. The molecule has 0 saturated carbocycles. The van der Waals surface area contributed by atoms with E-state index in [1.165, 1.54) is 0 Å². The minimum Gasteiger partial charge on any atom is -0.368 e. The highest BCUT2D eigenvalue weighted by Gasteiger charge is 2.12. The molecule has 2 aromatic heterocycles. The highest BCUT2D eigenvalue weighted by atomic mass is 15.1. The van der Waals surface area contributed by atoms with Crippen LogP contribution in [0.15, 0.2) is 52.6 Å². The Bertz CT molecular complexity index is 1190. The van der Waals surface area contributed by atoms with Crippen LogP contribution in [0.1, 0.15) is 48.0 Å². The Balaban J connectivity index is 1.89. The molecule has 0 atom stereocenters. The van der Waals surface area contributed by atoms with Crippen LogP contribution < -0.4 is 11.6 Å². The van der Waals surface area contributed by atoms with Crippen molar-refractivity contribution in [3.8, 4) is 17.3 Å². The molecular weight excluding hydrogens is 388 g/mol. The van der Waals surface area contributed by atoms with E-state index in [-0.39, 0.29) is 5.95 Å². The van der Waals surface area contributed by atoms with E-state index >= 15 is 0 Å². The first-order chi connectivity index (χ1) is 14.9. The normalized spacial score (nSPS) is 11.8. The van der Waals surface area contributed by atoms with E-state index in [1.807, 2.05) is 31.2 Å². The number of aromatic nitrogens is 3. The number of aliphatic imine (C=N–C) groups is 1. The van der Waals surface area contributed by atoms with Crippen molar-refractivity contribution in [3.05, 3.63) is 70.7 Å². The summed E-state index contributed by atoms with van der Waals surface area (Å²) in [7, 11) is 0. The number of anilines is 1. The van der Waals surface area contributed by atoms with E-state index in [9.17, 15) is 5.26 Å². The zero-order chi connectivity index (χ0) is 22.4. The molecule has 8 heteroatoms. The summed E-state index contributed by atoms with van der Waals surface area (Å²) < 4.78 is 0. The fourth-order valence-corrected chi connectivity index (χ4v) is 3.07. The largest absolute Gasteiger partial charge is 0.368 e. The predicted molar refractivity (Wildman–Crippen MR) is 123 cm³/mol. The van der Waals surface area contributed by atoms with Gasteiger partial charge in [-0.2, -0.15) is 10.4 Å². The molecule has 0 aliphatic heterocycles.